The number of hydrogen-bond acceptors (Lipinski definition) is 5. The van der Waals surface area contributed by atoms with Crippen LogP contribution in [0.4, 0.5) is 11.4 Å². The zero-order valence-electron chi connectivity index (χ0n) is 16.8. The van der Waals surface area contributed by atoms with Crippen LogP contribution >= 0.6 is 0 Å². The monoisotopic (exact) mass is 386 g/mol. The normalized spacial score (nSPS) is 10.8. The second-order valence-corrected chi connectivity index (χ2v) is 6.56. The molecule has 0 aliphatic rings. The van der Waals surface area contributed by atoms with Gasteiger partial charge in [-0.2, -0.15) is 0 Å². The smallest absolute Gasteiger partial charge is 0.239 e. The van der Waals surface area contributed by atoms with Crippen LogP contribution in [0, 0.1) is 5.41 Å². The van der Waals surface area contributed by atoms with Crippen LogP contribution in [-0.4, -0.2) is 32.6 Å². The van der Waals surface area contributed by atoms with E-state index in [9.17, 15) is 9.59 Å². The average molecular weight is 386 g/mol. The van der Waals surface area contributed by atoms with E-state index in [0.29, 0.717) is 35.2 Å². The topological polar surface area (TPSA) is 85.9 Å². The van der Waals surface area contributed by atoms with E-state index in [4.69, 9.17) is 14.2 Å². The molecular formula is C21H26N2O5. The van der Waals surface area contributed by atoms with Crippen LogP contribution < -0.4 is 24.8 Å². The molecule has 0 saturated carbocycles. The maximum Gasteiger partial charge on any atom is 0.239 e. The molecular weight excluding hydrogens is 360 g/mol. The molecule has 2 aromatic rings. The lowest BCUT2D eigenvalue weighted by Gasteiger charge is -2.23. The van der Waals surface area contributed by atoms with Gasteiger partial charge in [-0.3, -0.25) is 9.59 Å². The maximum absolute atomic E-state index is 12.8. The largest absolute Gasteiger partial charge is 0.497 e. The minimum absolute atomic E-state index is 0.425. The molecule has 150 valence electrons. The molecule has 7 heteroatoms. The molecule has 0 fully saturated rings. The van der Waals surface area contributed by atoms with Gasteiger partial charge in [0.15, 0.2) is 0 Å². The lowest BCUT2D eigenvalue weighted by molar-refractivity contribution is -0.135. The van der Waals surface area contributed by atoms with E-state index < -0.39 is 17.2 Å². The van der Waals surface area contributed by atoms with Gasteiger partial charge in [-0.25, -0.2) is 0 Å². The number of carbonyl (C=O) groups excluding carboxylic acids is 2. The number of nitrogens with one attached hydrogen (secondary N) is 2. The minimum atomic E-state index is -1.33. The number of hydrogen-bond donors (Lipinski definition) is 2. The van der Waals surface area contributed by atoms with Gasteiger partial charge < -0.3 is 24.8 Å². The van der Waals surface area contributed by atoms with Crippen molar-refractivity contribution in [2.45, 2.75) is 20.8 Å². The number of amides is 2. The number of ether oxygens (including phenoxy) is 3. The minimum Gasteiger partial charge on any atom is -0.497 e. The Morgan fingerprint density at radius 2 is 1.50 bits per heavy atom. The highest BCUT2D eigenvalue weighted by molar-refractivity contribution is 6.14. The Morgan fingerprint density at radius 3 is 2.07 bits per heavy atom. The van der Waals surface area contributed by atoms with Gasteiger partial charge in [0.2, 0.25) is 11.8 Å². The molecule has 7 nitrogen and oxygen atoms in total. The zero-order valence-corrected chi connectivity index (χ0v) is 16.8. The molecule has 0 atom stereocenters. The molecule has 2 rings (SSSR count). The number of rotatable bonds is 8. The van der Waals surface area contributed by atoms with Crippen molar-refractivity contribution >= 4 is 23.2 Å². The van der Waals surface area contributed by atoms with Crippen molar-refractivity contribution in [3.63, 3.8) is 0 Å². The van der Waals surface area contributed by atoms with Crippen LogP contribution in [0.2, 0.25) is 0 Å². The molecule has 0 aliphatic heterocycles. The van der Waals surface area contributed by atoms with Crippen LogP contribution in [0.3, 0.4) is 0 Å². The highest BCUT2D eigenvalue weighted by atomic mass is 16.5. The summed E-state index contributed by atoms with van der Waals surface area (Å²) in [5.74, 6) is 0.839. The Hall–Kier alpha value is -3.22. The Morgan fingerprint density at radius 1 is 0.893 bits per heavy atom. The molecule has 0 bridgehead atoms. The van der Waals surface area contributed by atoms with E-state index in [0.717, 1.165) is 0 Å². The third-order valence-corrected chi connectivity index (χ3v) is 4.21. The van der Waals surface area contributed by atoms with Gasteiger partial charge in [0.1, 0.15) is 22.7 Å². The molecule has 2 aromatic carbocycles. The van der Waals surface area contributed by atoms with Crippen molar-refractivity contribution < 1.29 is 23.8 Å². The van der Waals surface area contributed by atoms with E-state index in [1.54, 1.807) is 56.3 Å². The van der Waals surface area contributed by atoms with E-state index in [-0.39, 0.29) is 0 Å². The summed E-state index contributed by atoms with van der Waals surface area (Å²) in [5, 5.41) is 5.50. The maximum atomic E-state index is 12.8. The summed E-state index contributed by atoms with van der Waals surface area (Å²) in [6.07, 6.45) is 0. The Kier molecular flexibility index (Phi) is 6.87. The zero-order chi connectivity index (χ0) is 20.7. The molecule has 0 radical (unpaired) electrons. The first kappa shape index (κ1) is 21.1. The van der Waals surface area contributed by atoms with Gasteiger partial charge in [0.25, 0.3) is 0 Å². The van der Waals surface area contributed by atoms with Crippen LogP contribution in [0.1, 0.15) is 20.8 Å². The SMILES string of the molecule is CCOc1ccc(NC(=O)C(C)(C)C(=O)Nc2cc(OC)ccc2OC)cc1. The van der Waals surface area contributed by atoms with Crippen molar-refractivity contribution in [3.8, 4) is 17.2 Å². The Balaban J connectivity index is 2.12. The van der Waals surface area contributed by atoms with E-state index in [2.05, 4.69) is 10.6 Å². The summed E-state index contributed by atoms with van der Waals surface area (Å²) >= 11 is 0. The molecule has 0 aromatic heterocycles. The molecule has 0 aliphatic carbocycles. The van der Waals surface area contributed by atoms with Crippen molar-refractivity contribution in [2.75, 3.05) is 31.5 Å². The number of methoxy groups -OCH3 is 2. The van der Waals surface area contributed by atoms with Crippen LogP contribution in [0.5, 0.6) is 17.2 Å². The summed E-state index contributed by atoms with van der Waals surface area (Å²) in [4.78, 5) is 25.5. The summed E-state index contributed by atoms with van der Waals surface area (Å²) in [6.45, 7) is 5.57. The lowest BCUT2D eigenvalue weighted by atomic mass is 9.90. The molecule has 28 heavy (non-hydrogen) atoms. The van der Waals surface area contributed by atoms with Gasteiger partial charge in [-0.05, 0) is 57.2 Å². The Labute approximate surface area is 165 Å². The predicted octanol–water partition coefficient (Wildman–Crippen LogP) is 3.71. The fourth-order valence-electron chi connectivity index (χ4n) is 2.38. The molecule has 0 unspecified atom stereocenters. The standard InChI is InChI=1S/C21H26N2O5/c1-6-28-15-9-7-14(8-10-15)22-19(24)21(2,3)20(25)23-17-13-16(26-4)11-12-18(17)27-5/h7-13H,6H2,1-5H3,(H,22,24)(H,23,25). The number of carbonyl (C=O) groups is 2. The van der Waals surface area contributed by atoms with E-state index in [1.807, 2.05) is 6.92 Å². The van der Waals surface area contributed by atoms with Crippen molar-refractivity contribution in [1.82, 2.24) is 0 Å². The summed E-state index contributed by atoms with van der Waals surface area (Å²) in [5.41, 5.74) is -0.325. The predicted molar refractivity (Wildman–Crippen MR) is 108 cm³/mol. The highest BCUT2D eigenvalue weighted by Gasteiger charge is 2.36. The summed E-state index contributed by atoms with van der Waals surface area (Å²) in [6, 6.07) is 12.0. The second kappa shape index (κ2) is 9.12. The number of anilines is 2. The molecule has 0 saturated heterocycles. The first-order valence-corrected chi connectivity index (χ1v) is 8.89. The first-order valence-electron chi connectivity index (χ1n) is 8.89. The summed E-state index contributed by atoms with van der Waals surface area (Å²) in [7, 11) is 3.03. The van der Waals surface area contributed by atoms with Crippen LogP contribution in [0.15, 0.2) is 42.5 Å². The third-order valence-electron chi connectivity index (χ3n) is 4.21. The van der Waals surface area contributed by atoms with Gasteiger partial charge >= 0.3 is 0 Å². The van der Waals surface area contributed by atoms with Crippen molar-refractivity contribution in [1.29, 1.82) is 0 Å². The van der Waals surface area contributed by atoms with Gasteiger partial charge in [-0.1, -0.05) is 0 Å². The first-order chi connectivity index (χ1) is 13.3. The van der Waals surface area contributed by atoms with Crippen molar-refractivity contribution in [3.05, 3.63) is 42.5 Å². The summed E-state index contributed by atoms with van der Waals surface area (Å²) < 4.78 is 15.8. The quantitative estimate of drug-likeness (QED) is 0.676. The Bertz CT molecular complexity index is 831. The lowest BCUT2D eigenvalue weighted by Crippen LogP contribution is -2.41. The van der Waals surface area contributed by atoms with Crippen molar-refractivity contribution in [2.24, 2.45) is 5.41 Å². The second-order valence-electron chi connectivity index (χ2n) is 6.56. The fraction of sp³-hybridized carbons (Fsp3) is 0.333. The molecule has 2 amide bonds. The van der Waals surface area contributed by atoms with Crippen LogP contribution in [0.25, 0.3) is 0 Å². The van der Waals surface area contributed by atoms with Gasteiger partial charge in [0, 0.05) is 11.8 Å². The van der Waals surface area contributed by atoms with E-state index in [1.165, 1.54) is 14.2 Å². The number of benzene rings is 2. The van der Waals surface area contributed by atoms with Gasteiger partial charge in [0.05, 0.1) is 26.5 Å². The van der Waals surface area contributed by atoms with Crippen LogP contribution in [-0.2, 0) is 9.59 Å². The van der Waals surface area contributed by atoms with E-state index >= 15 is 0 Å². The van der Waals surface area contributed by atoms with Gasteiger partial charge in [-0.15, -0.1) is 0 Å². The average Bonchev–Trinajstić information content (AvgIpc) is 2.69. The molecule has 0 heterocycles. The highest BCUT2D eigenvalue weighted by Crippen LogP contribution is 2.31. The third kappa shape index (κ3) is 4.94. The fourth-order valence-corrected chi connectivity index (χ4v) is 2.38. The molecule has 0 spiro atoms. The molecule has 2 N–H and O–H groups in total.